The summed E-state index contributed by atoms with van der Waals surface area (Å²) < 4.78 is 0. The van der Waals surface area contributed by atoms with Crippen LogP contribution in [0.5, 0.6) is 0 Å². The Morgan fingerprint density at radius 2 is 2.10 bits per heavy atom. The minimum Gasteiger partial charge on any atom is -0.342 e. The molecule has 1 saturated heterocycles. The van der Waals surface area contributed by atoms with Gasteiger partial charge in [0.05, 0.1) is 17.1 Å². The number of rotatable bonds is 3. The highest BCUT2D eigenvalue weighted by Crippen LogP contribution is 2.26. The third-order valence-corrected chi connectivity index (χ3v) is 5.10. The molecule has 2 heterocycles. The van der Waals surface area contributed by atoms with E-state index in [0.29, 0.717) is 12.5 Å². The number of carbonyl (C=O) groups is 1. The van der Waals surface area contributed by atoms with Crippen LogP contribution in [0.25, 0.3) is 0 Å². The Balaban J connectivity index is 1.90. The Labute approximate surface area is 125 Å². The van der Waals surface area contributed by atoms with Crippen molar-refractivity contribution < 1.29 is 4.79 Å². The second kappa shape index (κ2) is 6.22. The highest BCUT2D eigenvalue weighted by Gasteiger charge is 2.23. The molecule has 1 N–H and O–H groups in total. The first-order valence-electron chi connectivity index (χ1n) is 7.30. The average molecular weight is 295 g/mol. The van der Waals surface area contributed by atoms with Crippen molar-refractivity contribution in [3.05, 3.63) is 16.1 Å². The standard InChI is InChI=1S/C15H25N3OS/c1-15(2,3)14-17-12(10-20-14)9-13(19)18-7-5-11(16-4)6-8-18/h10-11,16H,5-9H2,1-4H3. The molecule has 0 atom stereocenters. The van der Waals surface area contributed by atoms with Crippen LogP contribution >= 0.6 is 11.3 Å². The van der Waals surface area contributed by atoms with Gasteiger partial charge in [0.1, 0.15) is 0 Å². The Bertz CT molecular complexity index is 456. The minimum atomic E-state index is 0.0666. The fourth-order valence-electron chi connectivity index (χ4n) is 2.42. The van der Waals surface area contributed by atoms with Gasteiger partial charge in [-0.1, -0.05) is 20.8 Å². The summed E-state index contributed by atoms with van der Waals surface area (Å²) in [6.07, 6.45) is 2.54. The predicted octanol–water partition coefficient (Wildman–Crippen LogP) is 2.19. The molecule has 0 aromatic carbocycles. The van der Waals surface area contributed by atoms with Crippen molar-refractivity contribution in [2.75, 3.05) is 20.1 Å². The van der Waals surface area contributed by atoms with Crippen LogP contribution in [0.4, 0.5) is 0 Å². The molecule has 0 radical (unpaired) electrons. The molecule has 5 heteroatoms. The minimum absolute atomic E-state index is 0.0666. The molecule has 4 nitrogen and oxygen atoms in total. The molecule has 112 valence electrons. The number of aromatic nitrogens is 1. The first-order valence-corrected chi connectivity index (χ1v) is 8.18. The number of thiazole rings is 1. The lowest BCUT2D eigenvalue weighted by molar-refractivity contribution is -0.131. The summed E-state index contributed by atoms with van der Waals surface area (Å²) in [5.41, 5.74) is 0.984. The van der Waals surface area contributed by atoms with Crippen molar-refractivity contribution in [2.24, 2.45) is 0 Å². The number of piperidine rings is 1. The Morgan fingerprint density at radius 1 is 1.45 bits per heavy atom. The van der Waals surface area contributed by atoms with E-state index >= 15 is 0 Å². The lowest BCUT2D eigenvalue weighted by Crippen LogP contribution is -2.44. The fraction of sp³-hybridized carbons (Fsp3) is 0.733. The predicted molar refractivity (Wildman–Crippen MR) is 83.2 cm³/mol. The number of amides is 1. The Kier molecular flexibility index (Phi) is 4.81. The molecule has 1 fully saturated rings. The summed E-state index contributed by atoms with van der Waals surface area (Å²) in [5.74, 6) is 0.213. The monoisotopic (exact) mass is 295 g/mol. The first-order chi connectivity index (χ1) is 9.40. The van der Waals surface area contributed by atoms with Crippen LogP contribution < -0.4 is 5.32 Å². The zero-order valence-electron chi connectivity index (χ0n) is 12.9. The van der Waals surface area contributed by atoms with Crippen LogP contribution in [0, 0.1) is 0 Å². The Hall–Kier alpha value is -0.940. The highest BCUT2D eigenvalue weighted by molar-refractivity contribution is 7.09. The second-order valence-electron chi connectivity index (χ2n) is 6.51. The van der Waals surface area contributed by atoms with Crippen LogP contribution in [-0.2, 0) is 16.6 Å². The van der Waals surface area contributed by atoms with Gasteiger partial charge < -0.3 is 10.2 Å². The van der Waals surface area contributed by atoms with Gasteiger partial charge in [-0.3, -0.25) is 4.79 Å². The average Bonchev–Trinajstić information content (AvgIpc) is 2.87. The van der Waals surface area contributed by atoms with Crippen molar-refractivity contribution in [1.82, 2.24) is 15.2 Å². The van der Waals surface area contributed by atoms with Crippen molar-refractivity contribution in [2.45, 2.75) is 51.5 Å². The lowest BCUT2D eigenvalue weighted by atomic mass is 9.98. The Morgan fingerprint density at radius 3 is 2.60 bits per heavy atom. The molecule has 0 aliphatic carbocycles. The molecule has 1 aliphatic rings. The summed E-state index contributed by atoms with van der Waals surface area (Å²) in [4.78, 5) is 18.9. The smallest absolute Gasteiger partial charge is 0.228 e. The molecule has 1 amide bonds. The maximum atomic E-state index is 12.3. The molecule has 1 aromatic heterocycles. The second-order valence-corrected chi connectivity index (χ2v) is 7.37. The number of likely N-dealkylation sites (tertiary alicyclic amines) is 1. The fourth-order valence-corrected chi connectivity index (χ4v) is 3.32. The van der Waals surface area contributed by atoms with E-state index in [1.807, 2.05) is 17.3 Å². The van der Waals surface area contributed by atoms with Crippen LogP contribution in [0.1, 0.15) is 44.3 Å². The summed E-state index contributed by atoms with van der Waals surface area (Å²) in [6, 6.07) is 0.561. The van der Waals surface area contributed by atoms with Gasteiger partial charge in [-0.25, -0.2) is 4.98 Å². The summed E-state index contributed by atoms with van der Waals surface area (Å²) >= 11 is 1.66. The largest absolute Gasteiger partial charge is 0.342 e. The molecular formula is C15H25N3OS. The van der Waals surface area contributed by atoms with Crippen molar-refractivity contribution in [3.8, 4) is 0 Å². The zero-order chi connectivity index (χ0) is 14.8. The van der Waals surface area contributed by atoms with Crippen molar-refractivity contribution in [3.63, 3.8) is 0 Å². The van der Waals surface area contributed by atoms with E-state index in [1.165, 1.54) is 0 Å². The SMILES string of the molecule is CNC1CCN(C(=O)Cc2csc(C(C)(C)C)n2)CC1. The molecule has 0 bridgehead atoms. The molecule has 0 unspecified atom stereocenters. The lowest BCUT2D eigenvalue weighted by Gasteiger charge is -2.31. The van der Waals surface area contributed by atoms with Crippen molar-refractivity contribution >= 4 is 17.2 Å². The number of nitrogens with one attached hydrogen (secondary N) is 1. The van der Waals surface area contributed by atoms with Gasteiger partial charge in [-0.15, -0.1) is 11.3 Å². The van der Waals surface area contributed by atoms with Crippen LogP contribution in [0.15, 0.2) is 5.38 Å². The first kappa shape index (κ1) is 15.4. The van der Waals surface area contributed by atoms with Gasteiger partial charge in [-0.05, 0) is 19.9 Å². The number of carbonyl (C=O) groups excluding carboxylic acids is 1. The van der Waals surface area contributed by atoms with E-state index in [4.69, 9.17) is 0 Å². The number of nitrogens with zero attached hydrogens (tertiary/aromatic N) is 2. The van der Waals surface area contributed by atoms with Crippen LogP contribution in [0.3, 0.4) is 0 Å². The number of hydrogen-bond donors (Lipinski definition) is 1. The molecule has 2 rings (SSSR count). The summed E-state index contributed by atoms with van der Waals surface area (Å²) in [5, 5.41) is 6.42. The van der Waals surface area contributed by atoms with Gasteiger partial charge >= 0.3 is 0 Å². The molecule has 20 heavy (non-hydrogen) atoms. The van der Waals surface area contributed by atoms with Crippen molar-refractivity contribution in [1.29, 1.82) is 0 Å². The van der Waals surface area contributed by atoms with Crippen LogP contribution in [-0.4, -0.2) is 42.0 Å². The molecule has 1 aliphatic heterocycles. The van der Waals surface area contributed by atoms with E-state index in [9.17, 15) is 4.79 Å². The maximum Gasteiger partial charge on any atom is 0.228 e. The van der Waals surface area contributed by atoms with E-state index < -0.39 is 0 Å². The molecule has 0 spiro atoms. The topological polar surface area (TPSA) is 45.2 Å². The van der Waals surface area contributed by atoms with Gasteiger partial charge in [0.2, 0.25) is 5.91 Å². The highest BCUT2D eigenvalue weighted by atomic mass is 32.1. The van der Waals surface area contributed by atoms with Gasteiger partial charge in [0, 0.05) is 29.9 Å². The van der Waals surface area contributed by atoms with Gasteiger partial charge in [0.25, 0.3) is 0 Å². The third kappa shape index (κ3) is 3.79. The van der Waals surface area contributed by atoms with Gasteiger partial charge in [0.15, 0.2) is 0 Å². The molecule has 1 aromatic rings. The maximum absolute atomic E-state index is 12.3. The van der Waals surface area contributed by atoms with E-state index in [2.05, 4.69) is 31.1 Å². The van der Waals surface area contributed by atoms with E-state index in [-0.39, 0.29) is 11.3 Å². The molecule has 0 saturated carbocycles. The summed E-state index contributed by atoms with van der Waals surface area (Å²) in [7, 11) is 1.99. The normalized spacial score (nSPS) is 17.5. The van der Waals surface area contributed by atoms with E-state index in [0.717, 1.165) is 36.6 Å². The van der Waals surface area contributed by atoms with E-state index in [1.54, 1.807) is 11.3 Å². The van der Waals surface area contributed by atoms with Crippen LogP contribution in [0.2, 0.25) is 0 Å². The van der Waals surface area contributed by atoms with Gasteiger partial charge in [-0.2, -0.15) is 0 Å². The molecular weight excluding hydrogens is 270 g/mol. The third-order valence-electron chi connectivity index (χ3n) is 3.78. The number of hydrogen-bond acceptors (Lipinski definition) is 4. The quantitative estimate of drug-likeness (QED) is 0.930. The summed E-state index contributed by atoms with van der Waals surface area (Å²) in [6.45, 7) is 8.18. The zero-order valence-corrected chi connectivity index (χ0v) is 13.7.